The number of hydrogen-bond donors (Lipinski definition) is 2. The van der Waals surface area contributed by atoms with Crippen molar-refractivity contribution in [3.05, 3.63) is 69.7 Å². The fourth-order valence-electron chi connectivity index (χ4n) is 4.20. The molecule has 1 amide bonds. The van der Waals surface area contributed by atoms with E-state index in [1.54, 1.807) is 0 Å². The Labute approximate surface area is 187 Å². The van der Waals surface area contributed by atoms with Gasteiger partial charge < -0.3 is 10.6 Å². The van der Waals surface area contributed by atoms with Gasteiger partial charge in [0.25, 0.3) is 0 Å². The van der Waals surface area contributed by atoms with Crippen molar-refractivity contribution < 1.29 is 4.79 Å². The summed E-state index contributed by atoms with van der Waals surface area (Å²) in [7, 11) is 0. The molecule has 1 heterocycles. The summed E-state index contributed by atoms with van der Waals surface area (Å²) in [5.74, 6) is 0.145. The summed E-state index contributed by atoms with van der Waals surface area (Å²) >= 11 is 3.57. The Kier molecular flexibility index (Phi) is 8.34. The number of carbonyl (C=O) groups is 1. The molecule has 28 heavy (non-hydrogen) atoms. The summed E-state index contributed by atoms with van der Waals surface area (Å²) in [6.07, 6.45) is 1.59. The van der Waals surface area contributed by atoms with Crippen molar-refractivity contribution in [1.29, 1.82) is 0 Å². The quantitative estimate of drug-likeness (QED) is 0.696. The summed E-state index contributed by atoms with van der Waals surface area (Å²) < 4.78 is 1.03. The van der Waals surface area contributed by atoms with Gasteiger partial charge in [0.05, 0.1) is 0 Å². The van der Waals surface area contributed by atoms with E-state index in [1.807, 2.05) is 24.3 Å². The molecule has 2 N–H and O–H groups in total. The average Bonchev–Trinajstić information content (AvgIpc) is 3.09. The molecule has 2 aromatic carbocycles. The van der Waals surface area contributed by atoms with E-state index in [0.717, 1.165) is 49.1 Å². The van der Waals surface area contributed by atoms with Crippen LogP contribution in [0.5, 0.6) is 0 Å². The molecule has 0 bridgehead atoms. The highest BCUT2D eigenvalue weighted by molar-refractivity contribution is 9.10. The molecule has 0 radical (unpaired) electrons. The number of halogens is 3. The van der Waals surface area contributed by atoms with Crippen LogP contribution in [-0.2, 0) is 24.2 Å². The van der Waals surface area contributed by atoms with E-state index in [9.17, 15) is 4.79 Å². The summed E-state index contributed by atoms with van der Waals surface area (Å²) in [6, 6.07) is 16.5. The Morgan fingerprint density at radius 2 is 1.57 bits per heavy atom. The van der Waals surface area contributed by atoms with Gasteiger partial charge in [-0.2, -0.15) is 0 Å². The Morgan fingerprint density at radius 1 is 1.00 bits per heavy atom. The van der Waals surface area contributed by atoms with Crippen molar-refractivity contribution >= 4 is 46.7 Å². The molecule has 2 aromatic rings. The highest BCUT2D eigenvalue weighted by atomic mass is 79.9. The minimum atomic E-state index is -0.465. The normalized spacial score (nSPS) is 17.8. The van der Waals surface area contributed by atoms with Crippen LogP contribution >= 0.6 is 40.7 Å². The van der Waals surface area contributed by atoms with Crippen LogP contribution in [0, 0.1) is 0 Å². The van der Waals surface area contributed by atoms with Crippen molar-refractivity contribution in [2.45, 2.75) is 24.9 Å². The molecular weight excluding hydrogens is 461 g/mol. The molecule has 2 aliphatic rings. The minimum absolute atomic E-state index is 0. The van der Waals surface area contributed by atoms with E-state index < -0.39 is 5.54 Å². The number of carbonyl (C=O) groups excluding carboxylic acids is 1. The molecule has 0 atom stereocenters. The first-order valence-corrected chi connectivity index (χ1v) is 10.0. The van der Waals surface area contributed by atoms with Gasteiger partial charge in [0, 0.05) is 50.0 Å². The number of hydrogen-bond acceptors (Lipinski definition) is 3. The summed E-state index contributed by atoms with van der Waals surface area (Å²) in [5.41, 5.74) is 3.25. The molecule has 1 aliphatic carbocycles. The van der Waals surface area contributed by atoms with Gasteiger partial charge in [-0.1, -0.05) is 58.4 Å². The number of benzene rings is 2. The number of nitrogens with one attached hydrogen (secondary N) is 2. The van der Waals surface area contributed by atoms with Gasteiger partial charge in [0.15, 0.2) is 0 Å². The molecule has 4 nitrogen and oxygen atoms in total. The third-order valence-corrected chi connectivity index (χ3v) is 6.40. The molecule has 0 saturated carbocycles. The third-order valence-electron chi connectivity index (χ3n) is 5.63. The lowest BCUT2D eigenvalue weighted by atomic mass is 9.91. The van der Waals surface area contributed by atoms with Crippen molar-refractivity contribution in [1.82, 2.24) is 15.5 Å². The summed E-state index contributed by atoms with van der Waals surface area (Å²) in [4.78, 5) is 15.8. The molecular formula is C21H26BrCl2N3O. The molecule has 0 spiro atoms. The van der Waals surface area contributed by atoms with E-state index in [4.69, 9.17) is 0 Å². The second kappa shape index (κ2) is 10.1. The van der Waals surface area contributed by atoms with Crippen LogP contribution in [0.15, 0.2) is 53.0 Å². The standard InChI is InChI=1S/C21H24BrN3O.2ClH/c22-19-8-4-3-7-18(19)15-24-20(26)21(25-11-9-23-10-12-25)13-16-5-1-2-6-17(16)14-21;;/h1-8,23H,9-15H2,(H,24,26);2*1H. The van der Waals surface area contributed by atoms with Crippen LogP contribution in [0.4, 0.5) is 0 Å². The van der Waals surface area contributed by atoms with Crippen molar-refractivity contribution in [3.8, 4) is 0 Å². The maximum Gasteiger partial charge on any atom is 0.241 e. The maximum atomic E-state index is 13.4. The van der Waals surface area contributed by atoms with Gasteiger partial charge in [-0.3, -0.25) is 9.69 Å². The number of amides is 1. The zero-order chi connectivity index (χ0) is 18.0. The van der Waals surface area contributed by atoms with Gasteiger partial charge in [-0.15, -0.1) is 24.8 Å². The topological polar surface area (TPSA) is 44.4 Å². The fourth-order valence-corrected chi connectivity index (χ4v) is 4.62. The van der Waals surface area contributed by atoms with Crippen molar-refractivity contribution in [2.75, 3.05) is 26.2 Å². The van der Waals surface area contributed by atoms with Crippen LogP contribution < -0.4 is 10.6 Å². The Balaban J connectivity index is 0.00000140. The maximum absolute atomic E-state index is 13.4. The predicted molar refractivity (Wildman–Crippen MR) is 122 cm³/mol. The molecule has 1 fully saturated rings. The van der Waals surface area contributed by atoms with Gasteiger partial charge in [-0.25, -0.2) is 0 Å². The number of fused-ring (bicyclic) bond motifs is 1. The second-order valence-electron chi connectivity index (χ2n) is 7.16. The zero-order valence-corrected chi connectivity index (χ0v) is 18.8. The Morgan fingerprint density at radius 3 is 2.18 bits per heavy atom. The van der Waals surface area contributed by atoms with Crippen molar-refractivity contribution in [2.24, 2.45) is 0 Å². The number of rotatable bonds is 4. The van der Waals surface area contributed by atoms with E-state index in [-0.39, 0.29) is 30.7 Å². The highest BCUT2D eigenvalue weighted by Gasteiger charge is 2.48. The molecule has 0 aromatic heterocycles. The minimum Gasteiger partial charge on any atom is -0.350 e. The van der Waals surface area contributed by atoms with Gasteiger partial charge >= 0.3 is 0 Å². The van der Waals surface area contributed by atoms with E-state index in [0.29, 0.717) is 6.54 Å². The SMILES string of the molecule is Cl.Cl.O=C(NCc1ccccc1Br)C1(N2CCNCC2)Cc2ccccc2C1. The Hall–Kier alpha value is -1.11. The first kappa shape index (κ1) is 23.2. The Bertz CT molecular complexity index is 787. The lowest BCUT2D eigenvalue weighted by Crippen LogP contribution is -2.63. The first-order chi connectivity index (χ1) is 12.7. The van der Waals surface area contributed by atoms with E-state index in [1.165, 1.54) is 11.1 Å². The molecule has 1 saturated heterocycles. The van der Waals surface area contributed by atoms with Gasteiger partial charge in [0.1, 0.15) is 5.54 Å². The van der Waals surface area contributed by atoms with Crippen LogP contribution in [0.3, 0.4) is 0 Å². The van der Waals surface area contributed by atoms with E-state index in [2.05, 4.69) is 55.7 Å². The van der Waals surface area contributed by atoms with E-state index >= 15 is 0 Å². The van der Waals surface area contributed by atoms with Crippen molar-refractivity contribution in [3.63, 3.8) is 0 Å². The first-order valence-electron chi connectivity index (χ1n) is 9.23. The third kappa shape index (κ3) is 4.55. The largest absolute Gasteiger partial charge is 0.350 e. The number of piperazine rings is 1. The molecule has 7 heteroatoms. The average molecular weight is 487 g/mol. The number of nitrogens with zero attached hydrogens (tertiary/aromatic N) is 1. The molecule has 0 unspecified atom stereocenters. The second-order valence-corrected chi connectivity index (χ2v) is 8.02. The lowest BCUT2D eigenvalue weighted by Gasteiger charge is -2.42. The van der Waals surface area contributed by atoms with Gasteiger partial charge in [0.2, 0.25) is 5.91 Å². The molecule has 4 rings (SSSR count). The van der Waals surface area contributed by atoms with Crippen LogP contribution in [-0.4, -0.2) is 42.5 Å². The zero-order valence-electron chi connectivity index (χ0n) is 15.6. The lowest BCUT2D eigenvalue weighted by molar-refractivity contribution is -0.134. The van der Waals surface area contributed by atoms with Gasteiger partial charge in [-0.05, 0) is 22.8 Å². The fraction of sp³-hybridized carbons (Fsp3) is 0.381. The monoisotopic (exact) mass is 485 g/mol. The summed E-state index contributed by atoms with van der Waals surface area (Å²) in [5, 5.41) is 6.62. The smallest absolute Gasteiger partial charge is 0.241 e. The molecule has 1 aliphatic heterocycles. The predicted octanol–water partition coefficient (Wildman–Crippen LogP) is 3.35. The molecule has 152 valence electrons. The van der Waals surface area contributed by atoms with Crippen LogP contribution in [0.25, 0.3) is 0 Å². The van der Waals surface area contributed by atoms with Crippen LogP contribution in [0.1, 0.15) is 16.7 Å². The highest BCUT2D eigenvalue weighted by Crippen LogP contribution is 2.35. The summed E-state index contributed by atoms with van der Waals surface area (Å²) in [6.45, 7) is 4.25. The van der Waals surface area contributed by atoms with Crippen LogP contribution in [0.2, 0.25) is 0 Å².